The van der Waals surface area contributed by atoms with Crippen molar-refractivity contribution >= 4 is 5.96 Å². The van der Waals surface area contributed by atoms with E-state index in [2.05, 4.69) is 10.3 Å². The molecule has 152 valence electrons. The predicted molar refractivity (Wildman–Crippen MR) is 110 cm³/mol. The number of nitrogens with two attached hydrogens (primary N) is 1. The number of guanidine groups is 1. The number of ether oxygens (including phenoxy) is 2. The molecular formula is C21H29FN4O2. The quantitative estimate of drug-likeness (QED) is 0.510. The van der Waals surface area contributed by atoms with Gasteiger partial charge in [-0.1, -0.05) is 18.2 Å². The minimum absolute atomic E-state index is 0.221. The van der Waals surface area contributed by atoms with Crippen molar-refractivity contribution in [1.29, 1.82) is 0 Å². The highest BCUT2D eigenvalue weighted by molar-refractivity contribution is 5.77. The summed E-state index contributed by atoms with van der Waals surface area (Å²) in [6.45, 7) is 1.52. The fourth-order valence-electron chi connectivity index (χ4n) is 2.76. The minimum atomic E-state index is -0.221. The Hall–Kier alpha value is -2.80. The second-order valence-electron chi connectivity index (χ2n) is 6.73. The third kappa shape index (κ3) is 6.42. The molecule has 0 atom stereocenters. The average Bonchev–Trinajstić information content (AvgIpc) is 2.67. The Bertz CT molecular complexity index is 809. The summed E-state index contributed by atoms with van der Waals surface area (Å²) < 4.78 is 24.6. The van der Waals surface area contributed by atoms with Crippen molar-refractivity contribution in [2.75, 3.05) is 34.9 Å². The minimum Gasteiger partial charge on any atom is -0.493 e. The van der Waals surface area contributed by atoms with Gasteiger partial charge in [0.25, 0.3) is 0 Å². The van der Waals surface area contributed by atoms with Crippen molar-refractivity contribution in [3.8, 4) is 11.5 Å². The van der Waals surface area contributed by atoms with E-state index < -0.39 is 0 Å². The van der Waals surface area contributed by atoms with Crippen molar-refractivity contribution in [2.24, 2.45) is 10.7 Å². The number of methoxy groups -OCH3 is 2. The number of rotatable bonds is 9. The van der Waals surface area contributed by atoms with Crippen LogP contribution in [0.25, 0.3) is 0 Å². The van der Waals surface area contributed by atoms with Crippen LogP contribution in [0.2, 0.25) is 0 Å². The van der Waals surface area contributed by atoms with Crippen LogP contribution in [0.5, 0.6) is 11.5 Å². The van der Waals surface area contributed by atoms with E-state index in [0.717, 1.165) is 17.5 Å². The lowest BCUT2D eigenvalue weighted by Gasteiger charge is -2.11. The van der Waals surface area contributed by atoms with Gasteiger partial charge in [0.2, 0.25) is 0 Å². The third-order valence-electron chi connectivity index (χ3n) is 4.20. The molecule has 0 aliphatic rings. The van der Waals surface area contributed by atoms with Gasteiger partial charge >= 0.3 is 0 Å². The van der Waals surface area contributed by atoms with Crippen LogP contribution >= 0.6 is 0 Å². The first-order valence-electron chi connectivity index (χ1n) is 9.09. The van der Waals surface area contributed by atoms with Gasteiger partial charge in [0, 0.05) is 18.7 Å². The van der Waals surface area contributed by atoms with Gasteiger partial charge in [-0.2, -0.15) is 0 Å². The maximum Gasteiger partial charge on any atom is 0.188 e. The Labute approximate surface area is 166 Å². The van der Waals surface area contributed by atoms with Crippen molar-refractivity contribution in [2.45, 2.75) is 19.5 Å². The number of halogens is 1. The molecule has 2 aromatic carbocycles. The van der Waals surface area contributed by atoms with Gasteiger partial charge in [0.15, 0.2) is 17.5 Å². The van der Waals surface area contributed by atoms with Gasteiger partial charge in [0.1, 0.15) is 5.82 Å². The third-order valence-corrected chi connectivity index (χ3v) is 4.20. The van der Waals surface area contributed by atoms with Crippen molar-refractivity contribution < 1.29 is 13.9 Å². The fourth-order valence-corrected chi connectivity index (χ4v) is 2.76. The van der Waals surface area contributed by atoms with E-state index in [1.165, 1.54) is 6.07 Å². The lowest BCUT2D eigenvalue weighted by atomic mass is 10.1. The molecule has 0 saturated heterocycles. The van der Waals surface area contributed by atoms with E-state index >= 15 is 0 Å². The van der Waals surface area contributed by atoms with Crippen LogP contribution in [-0.4, -0.2) is 45.7 Å². The van der Waals surface area contributed by atoms with Gasteiger partial charge in [-0.3, -0.25) is 0 Å². The highest BCUT2D eigenvalue weighted by Crippen LogP contribution is 2.27. The first-order chi connectivity index (χ1) is 13.4. The second-order valence-corrected chi connectivity index (χ2v) is 6.73. The van der Waals surface area contributed by atoms with E-state index in [-0.39, 0.29) is 5.82 Å². The Balaban J connectivity index is 1.85. The van der Waals surface area contributed by atoms with Crippen LogP contribution in [0, 0.1) is 5.82 Å². The molecule has 28 heavy (non-hydrogen) atoms. The molecule has 2 rings (SSSR count). The normalized spacial score (nSPS) is 11.6. The Kier molecular flexibility index (Phi) is 8.07. The van der Waals surface area contributed by atoms with Gasteiger partial charge in [0.05, 0.1) is 20.8 Å². The molecule has 7 heteroatoms. The Morgan fingerprint density at radius 1 is 1.07 bits per heavy atom. The van der Waals surface area contributed by atoms with E-state index in [0.29, 0.717) is 42.7 Å². The molecule has 0 spiro atoms. The van der Waals surface area contributed by atoms with E-state index in [9.17, 15) is 4.39 Å². The van der Waals surface area contributed by atoms with Crippen LogP contribution in [0.3, 0.4) is 0 Å². The van der Waals surface area contributed by atoms with Gasteiger partial charge in [-0.05, 0) is 49.8 Å². The largest absolute Gasteiger partial charge is 0.493 e. The number of aliphatic imine (C=N–C) groups is 1. The van der Waals surface area contributed by atoms with Gasteiger partial charge < -0.3 is 25.4 Å². The van der Waals surface area contributed by atoms with Gasteiger partial charge in [-0.25, -0.2) is 9.38 Å². The highest BCUT2D eigenvalue weighted by atomic mass is 19.1. The molecule has 0 fully saturated rings. The molecule has 6 nitrogen and oxygen atoms in total. The fraction of sp³-hybridized carbons (Fsp3) is 0.381. The summed E-state index contributed by atoms with van der Waals surface area (Å²) in [4.78, 5) is 6.21. The second kappa shape index (κ2) is 10.5. The molecule has 0 heterocycles. The molecule has 0 amide bonds. The molecule has 2 aromatic rings. The molecule has 0 aliphatic carbocycles. The number of nitrogens with zero attached hydrogens (tertiary/aromatic N) is 2. The Morgan fingerprint density at radius 3 is 2.43 bits per heavy atom. The van der Waals surface area contributed by atoms with Crippen molar-refractivity contribution in [1.82, 2.24) is 10.2 Å². The van der Waals surface area contributed by atoms with Crippen LogP contribution in [0.1, 0.15) is 16.7 Å². The summed E-state index contributed by atoms with van der Waals surface area (Å²) in [5.41, 5.74) is 8.46. The zero-order valence-corrected chi connectivity index (χ0v) is 17.0. The van der Waals surface area contributed by atoms with E-state index in [4.69, 9.17) is 15.2 Å². The lowest BCUT2D eigenvalue weighted by Crippen LogP contribution is -2.33. The number of hydrogen-bond donors (Lipinski definition) is 2. The predicted octanol–water partition coefficient (Wildman–Crippen LogP) is 2.55. The molecular weight excluding hydrogens is 359 g/mol. The zero-order chi connectivity index (χ0) is 20.5. The van der Waals surface area contributed by atoms with Crippen LogP contribution in [-0.2, 0) is 19.5 Å². The Morgan fingerprint density at radius 2 is 1.79 bits per heavy atom. The summed E-state index contributed by atoms with van der Waals surface area (Å²) in [5.74, 6) is 1.50. The monoisotopic (exact) mass is 388 g/mol. The first-order valence-corrected chi connectivity index (χ1v) is 9.09. The van der Waals surface area contributed by atoms with Crippen LogP contribution < -0.4 is 20.5 Å². The summed E-state index contributed by atoms with van der Waals surface area (Å²) >= 11 is 0. The molecule has 0 saturated carbocycles. The maximum atomic E-state index is 14.1. The standard InChI is InChI=1S/C21H29FN4O2/c1-26(2)14-17-7-5-16(11-18(17)22)13-25-21(23)24-10-9-15-6-8-19(27-3)20(12-15)28-4/h5-8,11-12H,9-10,13-14H2,1-4H3,(H3,23,24,25). The summed E-state index contributed by atoms with van der Waals surface area (Å²) in [6, 6.07) is 11.0. The van der Waals surface area contributed by atoms with Crippen molar-refractivity contribution in [3.63, 3.8) is 0 Å². The summed E-state index contributed by atoms with van der Waals surface area (Å²) in [6.07, 6.45) is 0.754. The highest BCUT2D eigenvalue weighted by Gasteiger charge is 2.06. The number of hydrogen-bond acceptors (Lipinski definition) is 4. The zero-order valence-electron chi connectivity index (χ0n) is 17.0. The summed E-state index contributed by atoms with van der Waals surface area (Å²) in [5, 5.41) is 3.07. The molecule has 0 bridgehead atoms. The SMILES string of the molecule is COc1ccc(CCNC(N)=NCc2ccc(CN(C)C)c(F)c2)cc1OC. The van der Waals surface area contributed by atoms with Gasteiger partial charge in [-0.15, -0.1) is 0 Å². The molecule has 0 aromatic heterocycles. The van der Waals surface area contributed by atoms with Crippen LogP contribution in [0.15, 0.2) is 41.4 Å². The number of benzene rings is 2. The molecule has 0 aliphatic heterocycles. The molecule has 3 N–H and O–H groups in total. The molecule has 0 unspecified atom stereocenters. The average molecular weight is 388 g/mol. The first kappa shape index (κ1) is 21.5. The van der Waals surface area contributed by atoms with Crippen LogP contribution in [0.4, 0.5) is 4.39 Å². The summed E-state index contributed by atoms with van der Waals surface area (Å²) in [7, 11) is 7.04. The van der Waals surface area contributed by atoms with Crippen molar-refractivity contribution in [3.05, 3.63) is 58.9 Å². The lowest BCUT2D eigenvalue weighted by molar-refractivity contribution is 0.354. The molecule has 0 radical (unpaired) electrons. The van der Waals surface area contributed by atoms with E-state index in [1.807, 2.05) is 43.3 Å². The maximum absolute atomic E-state index is 14.1. The number of nitrogens with one attached hydrogen (secondary N) is 1. The smallest absolute Gasteiger partial charge is 0.188 e. The van der Waals surface area contributed by atoms with E-state index in [1.54, 1.807) is 20.3 Å². The topological polar surface area (TPSA) is 72.1 Å².